The van der Waals surface area contributed by atoms with Gasteiger partial charge in [0.1, 0.15) is 11.5 Å². The van der Waals surface area contributed by atoms with Gasteiger partial charge in [-0.05, 0) is 31.0 Å². The van der Waals surface area contributed by atoms with Gasteiger partial charge in [0.05, 0.1) is 19.5 Å². The van der Waals surface area contributed by atoms with Crippen molar-refractivity contribution in [2.75, 3.05) is 32.6 Å². The molecule has 1 aromatic rings. The van der Waals surface area contributed by atoms with Gasteiger partial charge in [-0.2, -0.15) is 8.42 Å². The van der Waals surface area contributed by atoms with E-state index in [1.807, 2.05) is 19.9 Å². The van der Waals surface area contributed by atoms with Crippen LogP contribution in [-0.2, 0) is 20.3 Å². The minimum atomic E-state index is -3.57. The molecule has 0 aromatic heterocycles. The molecule has 6 nitrogen and oxygen atoms in total. The zero-order chi connectivity index (χ0) is 17.7. The molecule has 1 aromatic carbocycles. The summed E-state index contributed by atoms with van der Waals surface area (Å²) in [4.78, 5) is 2.29. The summed E-state index contributed by atoms with van der Waals surface area (Å²) in [5.41, 5.74) is 2.43. The molecule has 0 radical (unpaired) electrons. The predicted octanol–water partition coefficient (Wildman–Crippen LogP) is 1.97. The van der Waals surface area contributed by atoms with Gasteiger partial charge in [0.2, 0.25) is 0 Å². The third-order valence-electron chi connectivity index (χ3n) is 4.95. The number of fused-ring (bicyclic) bond motifs is 1. The van der Waals surface area contributed by atoms with Crippen molar-refractivity contribution >= 4 is 10.1 Å². The maximum Gasteiger partial charge on any atom is 0.306 e. The molecule has 1 saturated heterocycles. The summed E-state index contributed by atoms with van der Waals surface area (Å²) in [6.07, 6.45) is 0.968. The molecule has 2 aliphatic heterocycles. The predicted molar refractivity (Wildman–Crippen MR) is 91.2 cm³/mol. The summed E-state index contributed by atoms with van der Waals surface area (Å²) >= 11 is 0. The van der Waals surface area contributed by atoms with E-state index in [1.54, 1.807) is 0 Å². The van der Waals surface area contributed by atoms with Crippen LogP contribution in [0.3, 0.4) is 0 Å². The van der Waals surface area contributed by atoms with E-state index in [2.05, 4.69) is 18.7 Å². The number of nitrogens with zero attached hydrogens (tertiary/aromatic N) is 1. The van der Waals surface area contributed by atoms with Crippen LogP contribution in [0, 0.1) is 13.8 Å². The summed E-state index contributed by atoms with van der Waals surface area (Å²) in [6.45, 7) is 11.1. The average Bonchev–Trinajstić information content (AvgIpc) is 2.76. The van der Waals surface area contributed by atoms with Crippen molar-refractivity contribution < 1.29 is 22.1 Å². The second kappa shape index (κ2) is 5.89. The van der Waals surface area contributed by atoms with Crippen LogP contribution in [0.25, 0.3) is 0 Å². The highest BCUT2D eigenvalue weighted by Crippen LogP contribution is 2.49. The first-order valence-corrected chi connectivity index (χ1v) is 9.95. The molecule has 1 atom stereocenters. The van der Waals surface area contributed by atoms with Crippen LogP contribution in [0.5, 0.6) is 11.5 Å². The Hall–Kier alpha value is -1.31. The largest absolute Gasteiger partial charge is 0.474 e. The second-order valence-corrected chi connectivity index (χ2v) is 8.70. The van der Waals surface area contributed by atoms with E-state index in [0.29, 0.717) is 19.0 Å². The van der Waals surface area contributed by atoms with Crippen molar-refractivity contribution in [3.05, 3.63) is 22.8 Å². The maximum atomic E-state index is 11.6. The topological polar surface area (TPSA) is 65.1 Å². The number of benzene rings is 1. The van der Waals surface area contributed by atoms with E-state index in [4.69, 9.17) is 13.7 Å². The SMILES string of the molecule is Cc1c(OS(C)(=O)=O)cc2c(c1C)OC(N1CCOCC1)C2(C)C. The first kappa shape index (κ1) is 17.5. The van der Waals surface area contributed by atoms with Gasteiger partial charge in [-0.3, -0.25) is 4.90 Å². The lowest BCUT2D eigenvalue weighted by Gasteiger charge is -2.38. The molecule has 3 rings (SSSR count). The summed E-state index contributed by atoms with van der Waals surface area (Å²) < 4.78 is 40.1. The fraction of sp³-hybridized carbons (Fsp3) is 0.647. The smallest absolute Gasteiger partial charge is 0.306 e. The molecule has 1 unspecified atom stereocenters. The number of ether oxygens (including phenoxy) is 2. The molecule has 0 aliphatic carbocycles. The van der Waals surface area contributed by atoms with Gasteiger partial charge in [-0.15, -0.1) is 0 Å². The lowest BCUT2D eigenvalue weighted by molar-refractivity contribution is -0.0614. The van der Waals surface area contributed by atoms with Gasteiger partial charge in [0.15, 0.2) is 6.23 Å². The normalized spacial score (nSPS) is 23.6. The zero-order valence-electron chi connectivity index (χ0n) is 14.9. The van der Waals surface area contributed by atoms with Crippen molar-refractivity contribution in [2.24, 2.45) is 0 Å². The molecular weight excluding hydrogens is 330 g/mol. The zero-order valence-corrected chi connectivity index (χ0v) is 15.7. The van der Waals surface area contributed by atoms with E-state index in [1.165, 1.54) is 0 Å². The fourth-order valence-corrected chi connectivity index (χ4v) is 3.98. The van der Waals surface area contributed by atoms with Gasteiger partial charge in [-0.25, -0.2) is 0 Å². The van der Waals surface area contributed by atoms with Crippen LogP contribution in [0.2, 0.25) is 0 Å². The Morgan fingerprint density at radius 1 is 1.21 bits per heavy atom. The lowest BCUT2D eigenvalue weighted by Crippen LogP contribution is -2.52. The average molecular weight is 355 g/mol. The highest BCUT2D eigenvalue weighted by atomic mass is 32.2. The Morgan fingerprint density at radius 3 is 2.42 bits per heavy atom. The van der Waals surface area contributed by atoms with Crippen molar-refractivity contribution in [3.8, 4) is 11.5 Å². The van der Waals surface area contributed by atoms with Gasteiger partial charge in [-0.1, -0.05) is 13.8 Å². The van der Waals surface area contributed by atoms with E-state index in [-0.39, 0.29) is 11.6 Å². The maximum absolute atomic E-state index is 11.6. The standard InChI is InChI=1S/C17H25NO5S/c1-11-12(2)15-13(10-14(11)23-24(5,19)20)17(3,4)16(22-15)18-6-8-21-9-7-18/h10,16H,6-9H2,1-5H3. The van der Waals surface area contributed by atoms with E-state index in [9.17, 15) is 8.42 Å². The molecule has 1 fully saturated rings. The first-order valence-electron chi connectivity index (χ1n) is 8.14. The van der Waals surface area contributed by atoms with Gasteiger partial charge < -0.3 is 13.7 Å². The van der Waals surface area contributed by atoms with Crippen LogP contribution < -0.4 is 8.92 Å². The molecule has 0 bridgehead atoms. The fourth-order valence-electron chi connectivity index (χ4n) is 3.48. The summed E-state index contributed by atoms with van der Waals surface area (Å²) in [5, 5.41) is 0. The van der Waals surface area contributed by atoms with Crippen molar-refractivity contribution in [3.63, 3.8) is 0 Å². The Bertz CT molecular complexity index is 751. The van der Waals surface area contributed by atoms with Crippen LogP contribution in [0.1, 0.15) is 30.5 Å². The first-order chi connectivity index (χ1) is 11.1. The number of hydrogen-bond donors (Lipinski definition) is 0. The monoisotopic (exact) mass is 355 g/mol. The Balaban J connectivity index is 2.03. The molecule has 0 saturated carbocycles. The van der Waals surface area contributed by atoms with E-state index >= 15 is 0 Å². The van der Waals surface area contributed by atoms with Crippen LogP contribution >= 0.6 is 0 Å². The summed E-state index contributed by atoms with van der Waals surface area (Å²) in [5.74, 6) is 1.22. The Morgan fingerprint density at radius 2 is 1.83 bits per heavy atom. The second-order valence-electron chi connectivity index (χ2n) is 7.13. The molecule has 0 N–H and O–H groups in total. The molecule has 0 amide bonds. The lowest BCUT2D eigenvalue weighted by atomic mass is 9.82. The van der Waals surface area contributed by atoms with Crippen LogP contribution in [-0.4, -0.2) is 52.1 Å². The van der Waals surface area contributed by atoms with Gasteiger partial charge >= 0.3 is 10.1 Å². The Labute approximate surface area is 143 Å². The minimum Gasteiger partial charge on any atom is -0.474 e. The highest BCUT2D eigenvalue weighted by Gasteiger charge is 2.46. The number of hydrogen-bond acceptors (Lipinski definition) is 6. The molecular formula is C17H25NO5S. The Kier molecular flexibility index (Phi) is 4.30. The van der Waals surface area contributed by atoms with E-state index < -0.39 is 10.1 Å². The summed E-state index contributed by atoms with van der Waals surface area (Å²) in [6, 6.07) is 1.82. The molecule has 2 heterocycles. The molecule has 134 valence electrons. The third kappa shape index (κ3) is 3.00. The number of rotatable bonds is 3. The highest BCUT2D eigenvalue weighted by molar-refractivity contribution is 7.86. The molecule has 7 heteroatoms. The summed E-state index contributed by atoms with van der Waals surface area (Å²) in [7, 11) is -3.57. The molecule has 2 aliphatic rings. The van der Waals surface area contributed by atoms with Crippen LogP contribution in [0.4, 0.5) is 0 Å². The molecule has 0 spiro atoms. The van der Waals surface area contributed by atoms with Gasteiger partial charge in [0, 0.05) is 24.1 Å². The van der Waals surface area contributed by atoms with Crippen molar-refractivity contribution in [1.29, 1.82) is 0 Å². The number of morpholine rings is 1. The van der Waals surface area contributed by atoms with Crippen molar-refractivity contribution in [1.82, 2.24) is 4.90 Å². The quantitative estimate of drug-likeness (QED) is 0.773. The van der Waals surface area contributed by atoms with Gasteiger partial charge in [0.25, 0.3) is 0 Å². The van der Waals surface area contributed by atoms with Crippen molar-refractivity contribution in [2.45, 2.75) is 39.3 Å². The van der Waals surface area contributed by atoms with Crippen LogP contribution in [0.15, 0.2) is 6.07 Å². The van der Waals surface area contributed by atoms with E-state index in [0.717, 1.165) is 41.8 Å². The minimum absolute atomic E-state index is 0.0945. The molecule has 24 heavy (non-hydrogen) atoms. The third-order valence-corrected chi connectivity index (χ3v) is 5.43.